The van der Waals surface area contributed by atoms with Crippen LogP contribution in [-0.4, -0.2) is 58.4 Å². The zero-order chi connectivity index (χ0) is 22.8. The number of carbonyl (C=O) groups excluding carboxylic acids is 1. The van der Waals surface area contributed by atoms with E-state index in [2.05, 4.69) is 10.1 Å². The van der Waals surface area contributed by atoms with Gasteiger partial charge in [0.1, 0.15) is 0 Å². The van der Waals surface area contributed by atoms with E-state index in [-0.39, 0.29) is 17.8 Å². The second-order valence-corrected chi connectivity index (χ2v) is 7.72. The Bertz CT molecular complexity index is 1120. The smallest absolute Gasteiger partial charge is 0.254 e. The van der Waals surface area contributed by atoms with Crippen LogP contribution in [0.15, 0.2) is 24.3 Å². The predicted molar refractivity (Wildman–Crippen MR) is 118 cm³/mol. The molecule has 1 unspecified atom stereocenters. The Hall–Kier alpha value is -3.49. The first kappa shape index (κ1) is 21.7. The van der Waals surface area contributed by atoms with Crippen LogP contribution >= 0.6 is 0 Å². The number of nitrogens with zero attached hydrogens (tertiary/aromatic N) is 4. The molecule has 0 bridgehead atoms. The fourth-order valence-electron chi connectivity index (χ4n) is 4.22. The van der Waals surface area contributed by atoms with Crippen molar-refractivity contribution >= 4 is 11.6 Å². The SMILES string of the molecule is CCc1cc(O)n2nc(C3CCCCN3C(=O)c3cc(OC)c(OC)c(OC)c3)cc2n1. The van der Waals surface area contributed by atoms with Gasteiger partial charge in [-0.05, 0) is 37.8 Å². The Balaban J connectivity index is 1.72. The lowest BCUT2D eigenvalue weighted by Gasteiger charge is -2.35. The second-order valence-electron chi connectivity index (χ2n) is 7.72. The summed E-state index contributed by atoms with van der Waals surface area (Å²) in [6.45, 7) is 2.59. The minimum Gasteiger partial charge on any atom is -0.493 e. The summed E-state index contributed by atoms with van der Waals surface area (Å²) in [6, 6.07) is 6.58. The summed E-state index contributed by atoms with van der Waals surface area (Å²) in [5.41, 5.74) is 2.52. The summed E-state index contributed by atoms with van der Waals surface area (Å²) in [7, 11) is 4.57. The molecule has 0 radical (unpaired) electrons. The highest BCUT2D eigenvalue weighted by molar-refractivity contribution is 5.96. The molecule has 1 saturated heterocycles. The average molecular weight is 441 g/mol. The highest BCUT2D eigenvalue weighted by atomic mass is 16.5. The molecule has 0 aliphatic carbocycles. The summed E-state index contributed by atoms with van der Waals surface area (Å²) < 4.78 is 17.6. The third-order valence-corrected chi connectivity index (χ3v) is 5.86. The van der Waals surface area contributed by atoms with Crippen LogP contribution in [-0.2, 0) is 6.42 Å². The van der Waals surface area contributed by atoms with Crippen LogP contribution in [0.3, 0.4) is 0 Å². The standard InChI is InChI=1S/C23H28N4O5/c1-5-15-12-21(28)27-20(24-15)13-16(25-27)17-8-6-7-9-26(17)23(29)14-10-18(30-2)22(32-4)19(11-14)31-3/h10-13,17,28H,5-9H2,1-4H3. The molecule has 3 heterocycles. The van der Waals surface area contributed by atoms with Crippen LogP contribution in [0.5, 0.6) is 23.1 Å². The number of rotatable bonds is 6. The minimum absolute atomic E-state index is 0.0383. The molecule has 0 spiro atoms. The van der Waals surface area contributed by atoms with Crippen molar-refractivity contribution in [3.8, 4) is 23.1 Å². The predicted octanol–water partition coefficient (Wildman–Crippen LogP) is 3.39. The average Bonchev–Trinajstić information content (AvgIpc) is 3.27. The maximum atomic E-state index is 13.6. The molecule has 1 aromatic carbocycles. The Morgan fingerprint density at radius 2 is 1.81 bits per heavy atom. The van der Waals surface area contributed by atoms with Gasteiger partial charge < -0.3 is 24.2 Å². The Morgan fingerprint density at radius 1 is 1.09 bits per heavy atom. The number of aryl methyl sites for hydroxylation is 1. The van der Waals surface area contributed by atoms with Gasteiger partial charge in [0.2, 0.25) is 11.6 Å². The van der Waals surface area contributed by atoms with Gasteiger partial charge >= 0.3 is 0 Å². The molecule has 1 fully saturated rings. The van der Waals surface area contributed by atoms with Gasteiger partial charge in [-0.25, -0.2) is 4.98 Å². The Morgan fingerprint density at radius 3 is 2.44 bits per heavy atom. The number of hydrogen-bond acceptors (Lipinski definition) is 7. The number of amides is 1. The van der Waals surface area contributed by atoms with Gasteiger partial charge in [0.05, 0.1) is 33.1 Å². The van der Waals surface area contributed by atoms with Crippen molar-refractivity contribution in [1.82, 2.24) is 19.5 Å². The lowest BCUT2D eigenvalue weighted by Crippen LogP contribution is -2.38. The summed E-state index contributed by atoms with van der Waals surface area (Å²) in [5, 5.41) is 14.9. The number of likely N-dealkylation sites (tertiary alicyclic amines) is 1. The van der Waals surface area contributed by atoms with Crippen molar-refractivity contribution in [2.24, 2.45) is 0 Å². The monoisotopic (exact) mass is 440 g/mol. The number of benzene rings is 1. The van der Waals surface area contributed by atoms with Gasteiger partial charge in [0, 0.05) is 29.9 Å². The van der Waals surface area contributed by atoms with Crippen LogP contribution in [0, 0.1) is 0 Å². The van der Waals surface area contributed by atoms with E-state index >= 15 is 0 Å². The van der Waals surface area contributed by atoms with Crippen molar-refractivity contribution < 1.29 is 24.1 Å². The van der Waals surface area contributed by atoms with E-state index in [1.807, 2.05) is 17.9 Å². The Labute approximate surface area is 186 Å². The topological polar surface area (TPSA) is 98.4 Å². The van der Waals surface area contributed by atoms with Crippen LogP contribution in [0.1, 0.15) is 54.0 Å². The van der Waals surface area contributed by atoms with Crippen molar-refractivity contribution in [1.29, 1.82) is 0 Å². The van der Waals surface area contributed by atoms with Crippen LogP contribution in [0.25, 0.3) is 5.65 Å². The highest BCUT2D eigenvalue weighted by Gasteiger charge is 2.32. The summed E-state index contributed by atoms with van der Waals surface area (Å²) in [5.74, 6) is 1.19. The first-order valence-corrected chi connectivity index (χ1v) is 10.7. The lowest BCUT2D eigenvalue weighted by atomic mass is 9.98. The maximum absolute atomic E-state index is 13.6. The molecule has 2 aromatic heterocycles. The molecule has 3 aromatic rings. The van der Waals surface area contributed by atoms with Crippen molar-refractivity contribution in [3.05, 3.63) is 41.2 Å². The van der Waals surface area contributed by atoms with Gasteiger partial charge in [0.15, 0.2) is 17.1 Å². The molecule has 9 heteroatoms. The number of fused-ring (bicyclic) bond motifs is 1. The molecule has 32 heavy (non-hydrogen) atoms. The van der Waals surface area contributed by atoms with Gasteiger partial charge in [-0.1, -0.05) is 6.92 Å². The molecular weight excluding hydrogens is 412 g/mol. The molecule has 4 rings (SSSR count). The van der Waals surface area contributed by atoms with E-state index in [0.29, 0.717) is 47.1 Å². The van der Waals surface area contributed by atoms with Crippen LogP contribution in [0.2, 0.25) is 0 Å². The fraction of sp³-hybridized carbons (Fsp3) is 0.435. The van der Waals surface area contributed by atoms with E-state index in [1.54, 1.807) is 18.2 Å². The molecule has 1 aliphatic heterocycles. The van der Waals surface area contributed by atoms with Crippen molar-refractivity contribution in [2.75, 3.05) is 27.9 Å². The van der Waals surface area contributed by atoms with E-state index in [0.717, 1.165) is 25.0 Å². The molecule has 1 N–H and O–H groups in total. The third-order valence-electron chi connectivity index (χ3n) is 5.86. The maximum Gasteiger partial charge on any atom is 0.254 e. The number of methoxy groups -OCH3 is 3. The molecule has 170 valence electrons. The molecular formula is C23H28N4O5. The first-order chi connectivity index (χ1) is 15.5. The summed E-state index contributed by atoms with van der Waals surface area (Å²) in [4.78, 5) is 20.0. The summed E-state index contributed by atoms with van der Waals surface area (Å²) in [6.07, 6.45) is 3.38. The van der Waals surface area contributed by atoms with Gasteiger partial charge in [-0.15, -0.1) is 0 Å². The van der Waals surface area contributed by atoms with Crippen molar-refractivity contribution in [2.45, 2.75) is 38.6 Å². The number of piperidine rings is 1. The normalized spacial score (nSPS) is 16.2. The van der Waals surface area contributed by atoms with E-state index in [9.17, 15) is 9.90 Å². The van der Waals surface area contributed by atoms with E-state index < -0.39 is 0 Å². The Kier molecular flexibility index (Phi) is 6.07. The summed E-state index contributed by atoms with van der Waals surface area (Å²) >= 11 is 0. The van der Waals surface area contributed by atoms with Crippen LogP contribution < -0.4 is 14.2 Å². The zero-order valence-electron chi connectivity index (χ0n) is 18.8. The van der Waals surface area contributed by atoms with E-state index in [1.165, 1.54) is 25.8 Å². The molecule has 9 nitrogen and oxygen atoms in total. The molecule has 1 amide bonds. The van der Waals surface area contributed by atoms with Crippen LogP contribution in [0.4, 0.5) is 0 Å². The minimum atomic E-state index is -0.221. The molecule has 1 atom stereocenters. The molecule has 0 saturated carbocycles. The molecule has 1 aliphatic rings. The second kappa shape index (κ2) is 8.94. The van der Waals surface area contributed by atoms with E-state index in [4.69, 9.17) is 14.2 Å². The number of aromatic hydroxyl groups is 1. The van der Waals surface area contributed by atoms with Gasteiger partial charge in [-0.2, -0.15) is 9.61 Å². The lowest BCUT2D eigenvalue weighted by molar-refractivity contribution is 0.0605. The van der Waals surface area contributed by atoms with Gasteiger partial charge in [-0.3, -0.25) is 4.79 Å². The third kappa shape index (κ3) is 3.79. The number of carbonyl (C=O) groups is 1. The number of ether oxygens (including phenoxy) is 3. The quantitative estimate of drug-likeness (QED) is 0.627. The highest BCUT2D eigenvalue weighted by Crippen LogP contribution is 2.40. The zero-order valence-corrected chi connectivity index (χ0v) is 18.8. The number of hydrogen-bond donors (Lipinski definition) is 1. The first-order valence-electron chi connectivity index (χ1n) is 10.7. The largest absolute Gasteiger partial charge is 0.493 e. The fourth-order valence-corrected chi connectivity index (χ4v) is 4.22. The number of aromatic nitrogens is 3. The van der Waals surface area contributed by atoms with Gasteiger partial charge in [0.25, 0.3) is 5.91 Å². The van der Waals surface area contributed by atoms with Crippen molar-refractivity contribution in [3.63, 3.8) is 0 Å².